The molecule has 1 aliphatic rings. The number of carbonyl (C=O) groups excluding carboxylic acids is 1. The Bertz CT molecular complexity index is 1010. The largest absolute Gasteiger partial charge is 0.306 e. The third kappa shape index (κ3) is 2.90. The van der Waals surface area contributed by atoms with Crippen LogP contribution in [0.5, 0.6) is 0 Å². The molecule has 1 amide bonds. The van der Waals surface area contributed by atoms with Gasteiger partial charge in [0.15, 0.2) is 0 Å². The summed E-state index contributed by atoms with van der Waals surface area (Å²) >= 11 is 1.76. The molecule has 132 valence electrons. The highest BCUT2D eigenvalue weighted by molar-refractivity contribution is 7.98. The number of fused-ring (bicyclic) bond motifs is 1. The van der Waals surface area contributed by atoms with Gasteiger partial charge in [0, 0.05) is 17.1 Å². The summed E-state index contributed by atoms with van der Waals surface area (Å²) in [4.78, 5) is 12.6. The van der Waals surface area contributed by atoms with Crippen LogP contribution in [-0.4, -0.2) is 15.7 Å². The highest BCUT2D eigenvalue weighted by atomic mass is 32.2. The summed E-state index contributed by atoms with van der Waals surface area (Å²) in [6.45, 7) is 4.10. The highest BCUT2D eigenvalue weighted by Gasteiger charge is 2.25. The van der Waals surface area contributed by atoms with E-state index in [4.69, 9.17) is 0 Å². The number of thioether (sulfide) groups is 1. The van der Waals surface area contributed by atoms with Gasteiger partial charge >= 0.3 is 0 Å². The van der Waals surface area contributed by atoms with Crippen LogP contribution in [0.25, 0.3) is 5.69 Å². The third-order valence-electron chi connectivity index (χ3n) is 4.64. The minimum absolute atomic E-state index is 0.0275. The Morgan fingerprint density at radius 1 is 1.15 bits per heavy atom. The lowest BCUT2D eigenvalue weighted by Crippen LogP contribution is -2.17. The van der Waals surface area contributed by atoms with Crippen LogP contribution in [0.15, 0.2) is 42.5 Å². The number of hydrogen-bond donors (Lipinski definition) is 1. The van der Waals surface area contributed by atoms with Crippen molar-refractivity contribution in [2.24, 2.45) is 0 Å². The standard InChI is InChI=1S/C20H18FN3OS/c1-12-7-8-14(9-13(12)2)24-19(16-10-26-11-18(16)23-24)22-20(25)15-5-3-4-6-17(15)21/h3-9H,10-11H2,1-2H3,(H,22,25). The normalized spacial score (nSPS) is 12.9. The second-order valence-electron chi connectivity index (χ2n) is 6.38. The van der Waals surface area contributed by atoms with Gasteiger partial charge in [-0.25, -0.2) is 9.07 Å². The second kappa shape index (κ2) is 6.61. The molecule has 1 aliphatic heterocycles. The molecule has 0 radical (unpaired) electrons. The zero-order chi connectivity index (χ0) is 18.3. The lowest BCUT2D eigenvalue weighted by Gasteiger charge is -2.12. The zero-order valence-corrected chi connectivity index (χ0v) is 15.4. The fourth-order valence-corrected chi connectivity index (χ4v) is 4.04. The highest BCUT2D eigenvalue weighted by Crippen LogP contribution is 2.36. The molecule has 4 nitrogen and oxygen atoms in total. The summed E-state index contributed by atoms with van der Waals surface area (Å²) in [5, 5.41) is 7.58. The first kappa shape index (κ1) is 16.8. The van der Waals surface area contributed by atoms with Crippen LogP contribution >= 0.6 is 11.8 Å². The fraction of sp³-hybridized carbons (Fsp3) is 0.200. The van der Waals surface area contributed by atoms with Gasteiger partial charge in [-0.1, -0.05) is 18.2 Å². The molecular formula is C20H18FN3OS. The predicted molar refractivity (Wildman–Crippen MR) is 102 cm³/mol. The maximum Gasteiger partial charge on any atom is 0.259 e. The number of anilines is 1. The number of nitrogens with zero attached hydrogens (tertiary/aromatic N) is 2. The Kier molecular flexibility index (Phi) is 4.28. The van der Waals surface area contributed by atoms with E-state index in [1.54, 1.807) is 28.6 Å². The Balaban J connectivity index is 1.77. The molecule has 2 heterocycles. The molecule has 4 rings (SSSR count). The number of halogens is 1. The fourth-order valence-electron chi connectivity index (χ4n) is 3.01. The van der Waals surface area contributed by atoms with E-state index >= 15 is 0 Å². The molecule has 0 saturated carbocycles. The van der Waals surface area contributed by atoms with Crippen molar-refractivity contribution in [3.8, 4) is 5.69 Å². The quantitative estimate of drug-likeness (QED) is 0.734. The Labute approximate surface area is 155 Å². The average Bonchev–Trinajstić information content (AvgIpc) is 3.20. The summed E-state index contributed by atoms with van der Waals surface area (Å²) in [6.07, 6.45) is 0. The molecule has 1 aromatic heterocycles. The first-order valence-corrected chi connectivity index (χ1v) is 9.52. The number of amides is 1. The summed E-state index contributed by atoms with van der Waals surface area (Å²) in [5.74, 6) is 1.23. The van der Waals surface area contributed by atoms with Crippen molar-refractivity contribution in [1.29, 1.82) is 0 Å². The van der Waals surface area contributed by atoms with Crippen molar-refractivity contribution in [2.45, 2.75) is 25.4 Å². The Hall–Kier alpha value is -2.60. The van der Waals surface area contributed by atoms with E-state index < -0.39 is 11.7 Å². The summed E-state index contributed by atoms with van der Waals surface area (Å²) < 4.78 is 15.7. The van der Waals surface area contributed by atoms with Crippen molar-refractivity contribution >= 4 is 23.5 Å². The number of aryl methyl sites for hydroxylation is 2. The molecule has 0 unspecified atom stereocenters. The van der Waals surface area contributed by atoms with Crippen LogP contribution in [0.3, 0.4) is 0 Å². The maximum absolute atomic E-state index is 14.0. The number of hydrogen-bond acceptors (Lipinski definition) is 3. The third-order valence-corrected chi connectivity index (χ3v) is 5.61. The molecule has 6 heteroatoms. The molecule has 3 aromatic rings. The van der Waals surface area contributed by atoms with E-state index in [-0.39, 0.29) is 5.56 Å². The average molecular weight is 367 g/mol. The van der Waals surface area contributed by atoms with Crippen LogP contribution in [-0.2, 0) is 11.5 Å². The van der Waals surface area contributed by atoms with Gasteiger partial charge in [0.25, 0.3) is 5.91 Å². The number of aromatic nitrogens is 2. The van der Waals surface area contributed by atoms with E-state index in [1.807, 2.05) is 25.1 Å². The first-order valence-electron chi connectivity index (χ1n) is 8.36. The maximum atomic E-state index is 14.0. The SMILES string of the molecule is Cc1ccc(-n2nc3c(c2NC(=O)c2ccccc2F)CSC3)cc1C. The van der Waals surface area contributed by atoms with Crippen LogP contribution in [0, 0.1) is 19.7 Å². The monoisotopic (exact) mass is 367 g/mol. The van der Waals surface area contributed by atoms with Crippen LogP contribution in [0.1, 0.15) is 32.7 Å². The van der Waals surface area contributed by atoms with E-state index in [1.165, 1.54) is 17.7 Å². The number of carbonyl (C=O) groups is 1. The van der Waals surface area contributed by atoms with E-state index in [2.05, 4.69) is 17.3 Å². The smallest absolute Gasteiger partial charge is 0.259 e. The minimum atomic E-state index is -0.534. The van der Waals surface area contributed by atoms with Gasteiger partial charge in [0.1, 0.15) is 11.6 Å². The van der Waals surface area contributed by atoms with Gasteiger partial charge in [-0.2, -0.15) is 16.9 Å². The lowest BCUT2D eigenvalue weighted by molar-refractivity contribution is 0.102. The van der Waals surface area contributed by atoms with Crippen LogP contribution in [0.4, 0.5) is 10.2 Å². The van der Waals surface area contributed by atoms with Crippen LogP contribution < -0.4 is 5.32 Å². The topological polar surface area (TPSA) is 46.9 Å². The first-order chi connectivity index (χ1) is 12.5. The Morgan fingerprint density at radius 2 is 1.96 bits per heavy atom. The van der Waals surface area contributed by atoms with Gasteiger partial charge in [0.05, 0.1) is 16.9 Å². The number of rotatable bonds is 3. The van der Waals surface area contributed by atoms with Crippen molar-refractivity contribution in [3.05, 3.63) is 76.2 Å². The van der Waals surface area contributed by atoms with Crippen molar-refractivity contribution in [3.63, 3.8) is 0 Å². The molecule has 0 bridgehead atoms. The van der Waals surface area contributed by atoms with Crippen molar-refractivity contribution in [2.75, 3.05) is 5.32 Å². The van der Waals surface area contributed by atoms with E-state index in [0.29, 0.717) is 5.82 Å². The number of benzene rings is 2. The van der Waals surface area contributed by atoms with Crippen molar-refractivity contribution in [1.82, 2.24) is 9.78 Å². The molecule has 26 heavy (non-hydrogen) atoms. The summed E-state index contributed by atoms with van der Waals surface area (Å²) in [7, 11) is 0. The molecule has 1 N–H and O–H groups in total. The molecule has 0 saturated heterocycles. The Morgan fingerprint density at radius 3 is 2.73 bits per heavy atom. The molecule has 0 aliphatic carbocycles. The molecule has 0 atom stereocenters. The summed E-state index contributed by atoms with van der Waals surface area (Å²) in [5.41, 5.74) is 5.24. The number of nitrogens with one attached hydrogen (secondary N) is 1. The zero-order valence-electron chi connectivity index (χ0n) is 14.5. The second-order valence-corrected chi connectivity index (χ2v) is 7.37. The van der Waals surface area contributed by atoms with Gasteiger partial charge in [-0.3, -0.25) is 4.79 Å². The molecular weight excluding hydrogens is 349 g/mol. The van der Waals surface area contributed by atoms with Crippen LogP contribution in [0.2, 0.25) is 0 Å². The summed E-state index contributed by atoms with van der Waals surface area (Å²) in [6, 6.07) is 12.1. The molecule has 0 spiro atoms. The van der Waals surface area contributed by atoms with E-state index in [0.717, 1.165) is 34.0 Å². The van der Waals surface area contributed by atoms with Crippen molar-refractivity contribution < 1.29 is 9.18 Å². The minimum Gasteiger partial charge on any atom is -0.306 e. The predicted octanol–water partition coefficient (Wildman–Crippen LogP) is 4.63. The lowest BCUT2D eigenvalue weighted by atomic mass is 10.1. The molecule has 0 fully saturated rings. The van der Waals surface area contributed by atoms with E-state index in [9.17, 15) is 9.18 Å². The van der Waals surface area contributed by atoms with Gasteiger partial charge in [-0.15, -0.1) is 0 Å². The van der Waals surface area contributed by atoms with Gasteiger partial charge in [0.2, 0.25) is 0 Å². The van der Waals surface area contributed by atoms with Gasteiger partial charge < -0.3 is 5.32 Å². The van der Waals surface area contributed by atoms with Gasteiger partial charge in [-0.05, 0) is 49.2 Å². The molecule has 2 aromatic carbocycles.